The van der Waals surface area contributed by atoms with Gasteiger partial charge >= 0.3 is 6.09 Å². The van der Waals surface area contributed by atoms with Crippen LogP contribution in [0, 0.1) is 0 Å². The molecule has 1 saturated heterocycles. The van der Waals surface area contributed by atoms with Crippen molar-refractivity contribution in [3.63, 3.8) is 0 Å². The number of aliphatic hydroxyl groups is 1. The fourth-order valence-corrected chi connectivity index (χ4v) is 3.34. The highest BCUT2D eigenvalue weighted by atomic mass is 127. The van der Waals surface area contributed by atoms with Crippen molar-refractivity contribution in [1.29, 1.82) is 0 Å². The molecule has 1 atom stereocenters. The zero-order chi connectivity index (χ0) is 22.4. The number of nitrogens with one attached hydrogen (secondary N) is 3. The number of aliphatic imine (C=N–C) groups is 1. The summed E-state index contributed by atoms with van der Waals surface area (Å²) >= 11 is 0. The first-order valence-electron chi connectivity index (χ1n) is 11.7. The van der Waals surface area contributed by atoms with E-state index < -0.39 is 5.60 Å². The predicted molar refractivity (Wildman–Crippen MR) is 138 cm³/mol. The monoisotopic (exact) mass is 555 g/mol. The van der Waals surface area contributed by atoms with Crippen molar-refractivity contribution in [2.75, 3.05) is 39.3 Å². The first-order valence-corrected chi connectivity index (χ1v) is 11.7. The summed E-state index contributed by atoms with van der Waals surface area (Å²) in [5.41, 5.74) is -0.501. The van der Waals surface area contributed by atoms with E-state index in [0.29, 0.717) is 6.54 Å². The lowest BCUT2D eigenvalue weighted by atomic mass is 10.1. The summed E-state index contributed by atoms with van der Waals surface area (Å²) in [6, 6.07) is 0.0962. The molecule has 1 aliphatic rings. The Bertz CT molecular complexity index is 506. The Morgan fingerprint density at radius 2 is 1.87 bits per heavy atom. The third-order valence-corrected chi connectivity index (χ3v) is 4.94. The van der Waals surface area contributed by atoms with Crippen molar-refractivity contribution in [2.45, 2.75) is 90.9 Å². The van der Waals surface area contributed by atoms with Crippen LogP contribution in [0.1, 0.15) is 73.1 Å². The number of amides is 1. The zero-order valence-electron chi connectivity index (χ0n) is 20.2. The Labute approximate surface area is 206 Å². The number of carbonyl (C=O) groups is 1. The van der Waals surface area contributed by atoms with Crippen LogP contribution in [-0.2, 0) is 4.74 Å². The molecule has 1 amide bonds. The molecule has 1 fully saturated rings. The number of hydrogen-bond donors (Lipinski definition) is 4. The molecule has 8 nitrogen and oxygen atoms in total. The quantitative estimate of drug-likeness (QED) is 0.135. The molecule has 0 saturated carbocycles. The number of ether oxygens (including phenoxy) is 1. The predicted octanol–water partition coefficient (Wildman–Crippen LogP) is 3.09. The molecular weight excluding hydrogens is 509 g/mol. The zero-order valence-corrected chi connectivity index (χ0v) is 22.5. The minimum Gasteiger partial charge on any atom is -0.444 e. The van der Waals surface area contributed by atoms with Crippen molar-refractivity contribution >= 4 is 36.0 Å². The lowest BCUT2D eigenvalue weighted by Gasteiger charge is -2.29. The molecule has 9 heteroatoms. The fourth-order valence-electron chi connectivity index (χ4n) is 3.34. The molecule has 0 radical (unpaired) electrons. The maximum absolute atomic E-state index is 12.0. The highest BCUT2D eigenvalue weighted by molar-refractivity contribution is 14.0. The van der Waals surface area contributed by atoms with Crippen molar-refractivity contribution < 1.29 is 14.6 Å². The molecule has 0 bridgehead atoms. The minimum absolute atomic E-state index is 0. The molecule has 1 rings (SSSR count). The van der Waals surface area contributed by atoms with Crippen molar-refractivity contribution in [1.82, 2.24) is 20.9 Å². The molecule has 4 N–H and O–H groups in total. The molecule has 0 spiro atoms. The van der Waals surface area contributed by atoms with Gasteiger partial charge in [0.25, 0.3) is 0 Å². The second-order valence-corrected chi connectivity index (χ2v) is 9.05. The summed E-state index contributed by atoms with van der Waals surface area (Å²) in [5.74, 6) is 0.790. The Kier molecular flexibility index (Phi) is 16.3. The standard InChI is InChI=1S/C22H45N5O3.HI/c1-6-8-10-18(17-25-21(29)30-22(3,4)5)26-20(23-7-2)24-13-9-14-27-15-11-19(28)12-16-27;/h18-19,28H,6-17H2,1-5H3,(H,25,29)(H2,23,24,26);1H. The van der Waals surface area contributed by atoms with Gasteiger partial charge in [-0.05, 0) is 59.9 Å². The summed E-state index contributed by atoms with van der Waals surface area (Å²) in [6.07, 6.45) is 5.35. The molecule has 0 aliphatic carbocycles. The Morgan fingerprint density at radius 1 is 1.19 bits per heavy atom. The maximum atomic E-state index is 12.0. The SMILES string of the molecule is CCCCC(CNC(=O)OC(C)(C)C)NC(=NCCCN1CCC(O)CC1)NCC.I. The summed E-state index contributed by atoms with van der Waals surface area (Å²) in [6.45, 7) is 14.8. The number of piperidine rings is 1. The molecule has 0 aromatic carbocycles. The largest absolute Gasteiger partial charge is 0.444 e. The van der Waals surface area contributed by atoms with Crippen LogP contribution in [0.25, 0.3) is 0 Å². The number of halogens is 1. The van der Waals surface area contributed by atoms with Crippen LogP contribution in [0.3, 0.4) is 0 Å². The number of guanidine groups is 1. The molecule has 1 heterocycles. The highest BCUT2D eigenvalue weighted by Crippen LogP contribution is 2.10. The van der Waals surface area contributed by atoms with Crippen LogP contribution < -0.4 is 16.0 Å². The van der Waals surface area contributed by atoms with Gasteiger partial charge in [0.05, 0.1) is 6.10 Å². The van der Waals surface area contributed by atoms with Crippen LogP contribution in [-0.4, -0.2) is 79.1 Å². The second kappa shape index (κ2) is 16.8. The number of hydrogen-bond acceptors (Lipinski definition) is 5. The average Bonchev–Trinajstić information content (AvgIpc) is 2.67. The number of nitrogens with zero attached hydrogens (tertiary/aromatic N) is 2. The number of alkyl carbamates (subject to hydrolysis) is 1. The molecule has 184 valence electrons. The summed E-state index contributed by atoms with van der Waals surface area (Å²) in [4.78, 5) is 19.1. The fraction of sp³-hybridized carbons (Fsp3) is 0.909. The van der Waals surface area contributed by atoms with Gasteiger partial charge in [0, 0.05) is 38.8 Å². The lowest BCUT2D eigenvalue weighted by molar-refractivity contribution is 0.0522. The van der Waals surface area contributed by atoms with Crippen molar-refractivity contribution in [3.05, 3.63) is 0 Å². The number of unbranched alkanes of at least 4 members (excludes halogenated alkanes) is 1. The molecule has 31 heavy (non-hydrogen) atoms. The van der Waals surface area contributed by atoms with Gasteiger partial charge in [-0.3, -0.25) is 4.99 Å². The normalized spacial score (nSPS) is 16.9. The molecule has 1 unspecified atom stereocenters. The van der Waals surface area contributed by atoms with Gasteiger partial charge in [-0.15, -0.1) is 24.0 Å². The number of carbonyl (C=O) groups excluding carboxylic acids is 1. The van der Waals surface area contributed by atoms with Gasteiger partial charge in [-0.1, -0.05) is 19.8 Å². The van der Waals surface area contributed by atoms with E-state index in [-0.39, 0.29) is 42.2 Å². The van der Waals surface area contributed by atoms with Crippen molar-refractivity contribution in [3.8, 4) is 0 Å². The van der Waals surface area contributed by atoms with Gasteiger partial charge < -0.3 is 30.7 Å². The van der Waals surface area contributed by atoms with E-state index in [1.165, 1.54) is 0 Å². The van der Waals surface area contributed by atoms with Gasteiger partial charge in [0.15, 0.2) is 5.96 Å². The summed E-state index contributed by atoms with van der Waals surface area (Å²) in [7, 11) is 0. The van der Waals surface area contributed by atoms with E-state index in [0.717, 1.165) is 77.2 Å². The van der Waals surface area contributed by atoms with E-state index in [9.17, 15) is 9.90 Å². The Hall–Kier alpha value is -0.810. The number of likely N-dealkylation sites (tertiary alicyclic amines) is 1. The summed E-state index contributed by atoms with van der Waals surface area (Å²) in [5, 5.41) is 19.3. The van der Waals surface area contributed by atoms with Gasteiger partial charge in [-0.25, -0.2) is 4.79 Å². The van der Waals surface area contributed by atoms with E-state index in [2.05, 4.69) is 34.7 Å². The van der Waals surface area contributed by atoms with Crippen molar-refractivity contribution in [2.24, 2.45) is 4.99 Å². The molecule has 0 aromatic rings. The number of rotatable bonds is 11. The van der Waals surface area contributed by atoms with Crippen LogP contribution >= 0.6 is 24.0 Å². The van der Waals surface area contributed by atoms with Gasteiger partial charge in [-0.2, -0.15) is 0 Å². The molecule has 1 aliphatic heterocycles. The lowest BCUT2D eigenvalue weighted by Crippen LogP contribution is -2.49. The van der Waals surface area contributed by atoms with E-state index >= 15 is 0 Å². The van der Waals surface area contributed by atoms with E-state index in [1.54, 1.807) is 0 Å². The van der Waals surface area contributed by atoms with Crippen LogP contribution in [0.5, 0.6) is 0 Å². The third kappa shape index (κ3) is 15.6. The minimum atomic E-state index is -0.501. The molecule has 0 aromatic heterocycles. The highest BCUT2D eigenvalue weighted by Gasteiger charge is 2.18. The van der Waals surface area contributed by atoms with Crippen LogP contribution in [0.4, 0.5) is 4.79 Å². The van der Waals surface area contributed by atoms with Gasteiger partial charge in [0.2, 0.25) is 0 Å². The summed E-state index contributed by atoms with van der Waals surface area (Å²) < 4.78 is 5.34. The van der Waals surface area contributed by atoms with Crippen LogP contribution in [0.15, 0.2) is 4.99 Å². The smallest absolute Gasteiger partial charge is 0.407 e. The van der Waals surface area contributed by atoms with E-state index in [4.69, 9.17) is 9.73 Å². The Morgan fingerprint density at radius 3 is 2.45 bits per heavy atom. The van der Waals surface area contributed by atoms with Gasteiger partial charge in [0.1, 0.15) is 5.60 Å². The second-order valence-electron chi connectivity index (χ2n) is 9.05. The molecular formula is C22H46IN5O3. The average molecular weight is 556 g/mol. The maximum Gasteiger partial charge on any atom is 0.407 e. The van der Waals surface area contributed by atoms with E-state index in [1.807, 2.05) is 20.8 Å². The first-order chi connectivity index (χ1) is 14.2. The number of aliphatic hydroxyl groups excluding tert-OH is 1. The Balaban J connectivity index is 0.00000900. The van der Waals surface area contributed by atoms with Crippen LogP contribution in [0.2, 0.25) is 0 Å². The topological polar surface area (TPSA) is 98.2 Å². The third-order valence-electron chi connectivity index (χ3n) is 4.94. The first kappa shape index (κ1) is 30.2.